The minimum atomic E-state index is -0.496. The Hall–Kier alpha value is -2.08. The number of benzene rings is 1. The number of primary amides is 1. The van der Waals surface area contributed by atoms with Crippen LogP contribution in [0.15, 0.2) is 24.3 Å². The van der Waals surface area contributed by atoms with Gasteiger partial charge in [-0.2, -0.15) is 0 Å². The first kappa shape index (κ1) is 14.0. The number of rotatable bonds is 6. The second kappa shape index (κ2) is 7.29. The minimum Gasteiger partial charge on any atom is -0.396 e. The zero-order chi connectivity index (χ0) is 13.4. The Balaban J connectivity index is 2.41. The van der Waals surface area contributed by atoms with Crippen molar-refractivity contribution in [1.29, 1.82) is 0 Å². The van der Waals surface area contributed by atoms with Crippen LogP contribution in [-0.4, -0.2) is 30.2 Å². The lowest BCUT2D eigenvalue weighted by Crippen LogP contribution is -2.35. The van der Waals surface area contributed by atoms with E-state index in [9.17, 15) is 9.59 Å². The highest BCUT2D eigenvalue weighted by Crippen LogP contribution is 2.04. The number of hydrogen-bond acceptors (Lipinski definition) is 3. The monoisotopic (exact) mass is 251 g/mol. The van der Waals surface area contributed by atoms with E-state index in [2.05, 4.69) is 10.6 Å². The number of aliphatic hydroxyl groups is 1. The highest BCUT2D eigenvalue weighted by Gasteiger charge is 2.03. The Morgan fingerprint density at radius 3 is 2.72 bits per heavy atom. The van der Waals surface area contributed by atoms with Crippen LogP contribution in [0.3, 0.4) is 0 Å². The molecule has 0 spiro atoms. The number of nitrogens with one attached hydrogen (secondary N) is 2. The van der Waals surface area contributed by atoms with Gasteiger partial charge in [0, 0.05) is 25.3 Å². The van der Waals surface area contributed by atoms with E-state index in [1.54, 1.807) is 24.3 Å². The van der Waals surface area contributed by atoms with Crippen LogP contribution < -0.4 is 16.4 Å². The minimum absolute atomic E-state index is 0.0426. The average molecular weight is 251 g/mol. The molecule has 0 saturated heterocycles. The third-order valence-corrected chi connectivity index (χ3v) is 2.29. The molecule has 0 saturated carbocycles. The predicted molar refractivity (Wildman–Crippen MR) is 66.9 cm³/mol. The van der Waals surface area contributed by atoms with E-state index < -0.39 is 5.91 Å². The maximum atomic E-state index is 11.3. The van der Waals surface area contributed by atoms with E-state index in [1.165, 1.54) is 0 Å². The van der Waals surface area contributed by atoms with E-state index in [4.69, 9.17) is 10.8 Å². The van der Waals surface area contributed by atoms with Crippen molar-refractivity contribution >= 4 is 11.9 Å². The van der Waals surface area contributed by atoms with Crippen LogP contribution in [-0.2, 0) is 6.54 Å². The van der Waals surface area contributed by atoms with Gasteiger partial charge in [-0.25, -0.2) is 4.79 Å². The maximum Gasteiger partial charge on any atom is 0.315 e. The van der Waals surface area contributed by atoms with E-state index in [1.807, 2.05) is 0 Å². The SMILES string of the molecule is NC(=O)c1cccc(CNC(=O)NCCCO)c1. The molecule has 1 aromatic rings. The van der Waals surface area contributed by atoms with E-state index in [0.29, 0.717) is 25.1 Å². The standard InChI is InChI=1S/C12H17N3O3/c13-11(17)10-4-1-3-9(7-10)8-15-12(18)14-5-2-6-16/h1,3-4,7,16H,2,5-6,8H2,(H2,13,17)(H2,14,15,18). The zero-order valence-corrected chi connectivity index (χ0v) is 9.98. The molecule has 0 aromatic heterocycles. The van der Waals surface area contributed by atoms with Gasteiger partial charge in [0.15, 0.2) is 0 Å². The molecule has 18 heavy (non-hydrogen) atoms. The first-order valence-corrected chi connectivity index (χ1v) is 5.65. The van der Waals surface area contributed by atoms with Crippen molar-refractivity contribution in [3.8, 4) is 0 Å². The number of hydrogen-bond donors (Lipinski definition) is 4. The summed E-state index contributed by atoms with van der Waals surface area (Å²) in [5, 5.41) is 13.8. The van der Waals surface area contributed by atoms with Crippen LogP contribution >= 0.6 is 0 Å². The predicted octanol–water partition coefficient (Wildman–Crippen LogP) is -0.0329. The van der Waals surface area contributed by atoms with Gasteiger partial charge >= 0.3 is 6.03 Å². The van der Waals surface area contributed by atoms with E-state index in [-0.39, 0.29) is 12.6 Å². The summed E-state index contributed by atoms with van der Waals surface area (Å²) >= 11 is 0. The lowest BCUT2D eigenvalue weighted by molar-refractivity contribution is 0.1000. The van der Waals surface area contributed by atoms with Crippen LogP contribution in [0.25, 0.3) is 0 Å². The van der Waals surface area contributed by atoms with Crippen LogP contribution in [0.1, 0.15) is 22.3 Å². The molecule has 0 heterocycles. The topological polar surface area (TPSA) is 104 Å². The highest BCUT2D eigenvalue weighted by molar-refractivity contribution is 5.92. The molecule has 0 aliphatic heterocycles. The molecular formula is C12H17N3O3. The highest BCUT2D eigenvalue weighted by atomic mass is 16.3. The van der Waals surface area contributed by atoms with Gasteiger partial charge in [-0.05, 0) is 24.1 Å². The average Bonchev–Trinajstić information content (AvgIpc) is 2.37. The summed E-state index contributed by atoms with van der Waals surface area (Å²) in [6.07, 6.45) is 0.518. The molecule has 0 radical (unpaired) electrons. The number of aliphatic hydroxyl groups excluding tert-OH is 1. The van der Waals surface area contributed by atoms with Crippen molar-refractivity contribution < 1.29 is 14.7 Å². The molecule has 6 nitrogen and oxygen atoms in total. The molecule has 3 amide bonds. The van der Waals surface area contributed by atoms with Gasteiger partial charge in [-0.15, -0.1) is 0 Å². The zero-order valence-electron chi connectivity index (χ0n) is 9.98. The second-order valence-corrected chi connectivity index (χ2v) is 3.75. The Kier molecular flexibility index (Phi) is 5.66. The van der Waals surface area contributed by atoms with E-state index in [0.717, 1.165) is 5.56 Å². The van der Waals surface area contributed by atoms with Gasteiger partial charge in [0.25, 0.3) is 0 Å². The van der Waals surface area contributed by atoms with Gasteiger partial charge in [-0.1, -0.05) is 12.1 Å². The van der Waals surface area contributed by atoms with Crippen molar-refractivity contribution in [2.24, 2.45) is 5.73 Å². The second-order valence-electron chi connectivity index (χ2n) is 3.75. The Labute approximate surface area is 105 Å². The quantitative estimate of drug-likeness (QED) is 0.533. The van der Waals surface area contributed by atoms with E-state index >= 15 is 0 Å². The number of carbonyl (C=O) groups is 2. The van der Waals surface area contributed by atoms with Crippen LogP contribution in [0.4, 0.5) is 4.79 Å². The molecule has 5 N–H and O–H groups in total. The largest absolute Gasteiger partial charge is 0.396 e. The molecule has 0 atom stereocenters. The molecule has 98 valence electrons. The molecule has 6 heteroatoms. The van der Waals surface area contributed by atoms with Crippen molar-refractivity contribution in [2.45, 2.75) is 13.0 Å². The third kappa shape index (κ3) is 4.84. The summed E-state index contributed by atoms with van der Waals surface area (Å²) < 4.78 is 0. The summed E-state index contributed by atoms with van der Waals surface area (Å²) in [4.78, 5) is 22.3. The fraction of sp³-hybridized carbons (Fsp3) is 0.333. The van der Waals surface area contributed by atoms with Crippen LogP contribution in [0, 0.1) is 0 Å². The fourth-order valence-electron chi connectivity index (χ4n) is 1.36. The first-order valence-electron chi connectivity index (χ1n) is 5.65. The first-order chi connectivity index (χ1) is 8.63. The molecule has 1 aromatic carbocycles. The molecular weight excluding hydrogens is 234 g/mol. The number of nitrogens with two attached hydrogens (primary N) is 1. The molecule has 0 unspecified atom stereocenters. The van der Waals surface area contributed by atoms with Gasteiger partial charge in [0.05, 0.1) is 0 Å². The molecule has 0 aliphatic carbocycles. The van der Waals surface area contributed by atoms with Crippen molar-refractivity contribution in [3.63, 3.8) is 0 Å². The summed E-state index contributed by atoms with van der Waals surface area (Å²) in [6, 6.07) is 6.44. The Morgan fingerprint density at radius 2 is 2.06 bits per heavy atom. The van der Waals surface area contributed by atoms with Gasteiger partial charge in [0.1, 0.15) is 0 Å². The fourth-order valence-corrected chi connectivity index (χ4v) is 1.36. The van der Waals surface area contributed by atoms with Gasteiger partial charge in [-0.3, -0.25) is 4.79 Å². The Morgan fingerprint density at radius 1 is 1.28 bits per heavy atom. The lowest BCUT2D eigenvalue weighted by Gasteiger charge is -2.07. The van der Waals surface area contributed by atoms with Crippen molar-refractivity contribution in [3.05, 3.63) is 35.4 Å². The molecule has 0 aliphatic rings. The number of amides is 3. The normalized spacial score (nSPS) is 9.83. The molecule has 1 rings (SSSR count). The third-order valence-electron chi connectivity index (χ3n) is 2.29. The van der Waals surface area contributed by atoms with Crippen LogP contribution in [0.5, 0.6) is 0 Å². The smallest absolute Gasteiger partial charge is 0.315 e. The Bertz CT molecular complexity index is 421. The van der Waals surface area contributed by atoms with Crippen molar-refractivity contribution in [2.75, 3.05) is 13.2 Å². The summed E-state index contributed by atoms with van der Waals surface area (Å²) in [5.74, 6) is -0.496. The number of urea groups is 1. The van der Waals surface area contributed by atoms with Gasteiger partial charge < -0.3 is 21.5 Å². The van der Waals surface area contributed by atoms with Crippen molar-refractivity contribution in [1.82, 2.24) is 10.6 Å². The van der Waals surface area contributed by atoms with Crippen LogP contribution in [0.2, 0.25) is 0 Å². The van der Waals surface area contributed by atoms with Gasteiger partial charge in [0.2, 0.25) is 5.91 Å². The number of carbonyl (C=O) groups excluding carboxylic acids is 2. The molecule has 0 bridgehead atoms. The lowest BCUT2D eigenvalue weighted by atomic mass is 10.1. The molecule has 0 fully saturated rings. The summed E-state index contributed by atoms with van der Waals surface area (Å²) in [5.41, 5.74) is 6.36. The summed E-state index contributed by atoms with van der Waals surface area (Å²) in [7, 11) is 0. The summed E-state index contributed by atoms with van der Waals surface area (Å²) in [6.45, 7) is 0.774. The maximum absolute atomic E-state index is 11.3.